The molecule has 0 amide bonds. The van der Waals surface area contributed by atoms with Crippen LogP contribution in [0.3, 0.4) is 0 Å². The Kier molecular flexibility index (Phi) is 4.20. The van der Waals surface area contributed by atoms with Crippen molar-refractivity contribution in [2.24, 2.45) is 5.92 Å². The Morgan fingerprint density at radius 2 is 2.08 bits per heavy atom. The van der Waals surface area contributed by atoms with E-state index in [0.717, 1.165) is 18.5 Å². The highest BCUT2D eigenvalue weighted by Crippen LogP contribution is 2.17. The number of likely N-dealkylation sites (tertiary alicyclic amines) is 1. The third-order valence-electron chi connectivity index (χ3n) is 2.91. The molecule has 0 aliphatic carbocycles. The van der Waals surface area contributed by atoms with Crippen molar-refractivity contribution in [3.05, 3.63) is 0 Å². The molecule has 78 valence electrons. The summed E-state index contributed by atoms with van der Waals surface area (Å²) in [5, 5.41) is 3.56. The summed E-state index contributed by atoms with van der Waals surface area (Å²) in [6.07, 6.45) is 1.34. The zero-order chi connectivity index (χ0) is 9.84. The predicted molar refractivity (Wildman–Crippen MR) is 58.0 cm³/mol. The molecule has 2 heteroatoms. The highest BCUT2D eigenvalue weighted by molar-refractivity contribution is 4.82. The van der Waals surface area contributed by atoms with Crippen molar-refractivity contribution in [1.29, 1.82) is 0 Å². The van der Waals surface area contributed by atoms with Gasteiger partial charge in [-0.3, -0.25) is 4.90 Å². The monoisotopic (exact) mass is 184 g/mol. The first-order valence-electron chi connectivity index (χ1n) is 5.61. The zero-order valence-electron chi connectivity index (χ0n) is 9.51. The summed E-state index contributed by atoms with van der Waals surface area (Å²) in [5.41, 5.74) is 0. The minimum Gasteiger partial charge on any atom is -0.313 e. The van der Waals surface area contributed by atoms with Crippen LogP contribution in [0.2, 0.25) is 0 Å². The van der Waals surface area contributed by atoms with E-state index < -0.39 is 0 Å². The molecule has 2 unspecified atom stereocenters. The molecule has 0 aromatic carbocycles. The molecule has 1 rings (SSSR count). The van der Waals surface area contributed by atoms with Crippen LogP contribution in [-0.4, -0.2) is 36.6 Å². The lowest BCUT2D eigenvalue weighted by Crippen LogP contribution is -2.50. The molecule has 0 aromatic heterocycles. The molecule has 0 saturated carbocycles. The Balaban J connectivity index is 2.42. The summed E-state index contributed by atoms with van der Waals surface area (Å²) in [6.45, 7) is 12.7. The minimum atomic E-state index is 0.698. The largest absolute Gasteiger partial charge is 0.313 e. The van der Waals surface area contributed by atoms with Gasteiger partial charge in [0, 0.05) is 25.2 Å². The van der Waals surface area contributed by atoms with Crippen molar-refractivity contribution >= 4 is 0 Å². The summed E-state index contributed by atoms with van der Waals surface area (Å²) in [6, 6.07) is 1.42. The van der Waals surface area contributed by atoms with E-state index in [2.05, 4.69) is 37.9 Å². The first kappa shape index (κ1) is 11.0. The number of rotatable bonds is 3. The quantitative estimate of drug-likeness (QED) is 0.718. The van der Waals surface area contributed by atoms with Crippen LogP contribution in [0.5, 0.6) is 0 Å². The second-order valence-electron chi connectivity index (χ2n) is 4.64. The first-order chi connectivity index (χ1) is 6.13. The highest BCUT2D eigenvalue weighted by atomic mass is 15.2. The van der Waals surface area contributed by atoms with E-state index in [-0.39, 0.29) is 0 Å². The van der Waals surface area contributed by atoms with Crippen molar-refractivity contribution in [3.8, 4) is 0 Å². The fourth-order valence-corrected chi connectivity index (χ4v) is 2.25. The molecule has 0 spiro atoms. The topological polar surface area (TPSA) is 15.3 Å². The molecule has 0 bridgehead atoms. The maximum Gasteiger partial charge on any atom is 0.0198 e. The Morgan fingerprint density at radius 3 is 2.62 bits per heavy atom. The van der Waals surface area contributed by atoms with Crippen molar-refractivity contribution in [2.45, 2.75) is 46.2 Å². The lowest BCUT2D eigenvalue weighted by molar-refractivity contribution is 0.119. The van der Waals surface area contributed by atoms with Crippen LogP contribution in [0.1, 0.15) is 34.1 Å². The predicted octanol–water partition coefficient (Wildman–Crippen LogP) is 1.71. The van der Waals surface area contributed by atoms with Gasteiger partial charge in [-0.2, -0.15) is 0 Å². The van der Waals surface area contributed by atoms with Gasteiger partial charge in [0.25, 0.3) is 0 Å². The van der Waals surface area contributed by atoms with Gasteiger partial charge in [-0.15, -0.1) is 0 Å². The third-order valence-corrected chi connectivity index (χ3v) is 2.91. The van der Waals surface area contributed by atoms with Gasteiger partial charge in [0.2, 0.25) is 0 Å². The van der Waals surface area contributed by atoms with Crippen molar-refractivity contribution < 1.29 is 0 Å². The second kappa shape index (κ2) is 4.97. The van der Waals surface area contributed by atoms with Crippen LogP contribution in [0.15, 0.2) is 0 Å². The van der Waals surface area contributed by atoms with Gasteiger partial charge in [0.1, 0.15) is 0 Å². The van der Waals surface area contributed by atoms with Gasteiger partial charge in [-0.25, -0.2) is 0 Å². The van der Waals surface area contributed by atoms with E-state index in [9.17, 15) is 0 Å². The fourth-order valence-electron chi connectivity index (χ4n) is 2.25. The molecule has 1 aliphatic heterocycles. The van der Waals surface area contributed by atoms with Gasteiger partial charge in [0.05, 0.1) is 0 Å². The van der Waals surface area contributed by atoms with Crippen LogP contribution in [-0.2, 0) is 0 Å². The summed E-state index contributed by atoms with van der Waals surface area (Å²) in [4.78, 5) is 2.58. The third kappa shape index (κ3) is 3.28. The number of likely N-dealkylation sites (N-methyl/N-ethyl adjacent to an activating group) is 1. The van der Waals surface area contributed by atoms with Gasteiger partial charge < -0.3 is 5.32 Å². The van der Waals surface area contributed by atoms with E-state index in [0.29, 0.717) is 6.04 Å². The van der Waals surface area contributed by atoms with Crippen molar-refractivity contribution in [1.82, 2.24) is 10.2 Å². The fraction of sp³-hybridized carbons (Fsp3) is 1.00. The van der Waals surface area contributed by atoms with E-state index in [4.69, 9.17) is 0 Å². The van der Waals surface area contributed by atoms with Crippen LogP contribution < -0.4 is 5.32 Å². The average Bonchev–Trinajstić information content (AvgIpc) is 2.03. The van der Waals surface area contributed by atoms with E-state index in [1.54, 1.807) is 0 Å². The highest BCUT2D eigenvalue weighted by Gasteiger charge is 2.25. The first-order valence-corrected chi connectivity index (χ1v) is 5.61. The number of piperidine rings is 1. The molecule has 1 aliphatic rings. The SMILES string of the molecule is CCNC1CC(C)CN(C(C)C)C1. The standard InChI is InChI=1S/C11H24N2/c1-5-12-11-6-10(4)7-13(8-11)9(2)3/h9-12H,5-8H2,1-4H3. The van der Waals surface area contributed by atoms with E-state index >= 15 is 0 Å². The maximum atomic E-state index is 3.56. The van der Waals surface area contributed by atoms with Gasteiger partial charge in [-0.1, -0.05) is 13.8 Å². The van der Waals surface area contributed by atoms with Crippen molar-refractivity contribution in [3.63, 3.8) is 0 Å². The molecule has 0 aromatic rings. The maximum absolute atomic E-state index is 3.56. The lowest BCUT2D eigenvalue weighted by atomic mass is 9.95. The summed E-state index contributed by atoms with van der Waals surface area (Å²) in [7, 11) is 0. The number of nitrogens with zero attached hydrogens (tertiary/aromatic N) is 1. The van der Waals surface area contributed by atoms with Gasteiger partial charge in [0.15, 0.2) is 0 Å². The molecule has 13 heavy (non-hydrogen) atoms. The molecular formula is C11H24N2. The number of hydrogen-bond donors (Lipinski definition) is 1. The minimum absolute atomic E-state index is 0.698. The van der Waals surface area contributed by atoms with Gasteiger partial charge in [-0.05, 0) is 32.7 Å². The summed E-state index contributed by atoms with van der Waals surface area (Å²) >= 11 is 0. The Hall–Kier alpha value is -0.0800. The van der Waals surface area contributed by atoms with E-state index in [1.165, 1.54) is 19.5 Å². The summed E-state index contributed by atoms with van der Waals surface area (Å²) < 4.78 is 0. The van der Waals surface area contributed by atoms with Crippen LogP contribution in [0.4, 0.5) is 0 Å². The number of nitrogens with one attached hydrogen (secondary N) is 1. The molecule has 1 saturated heterocycles. The number of hydrogen-bond acceptors (Lipinski definition) is 2. The molecule has 1 heterocycles. The molecule has 0 radical (unpaired) electrons. The van der Waals surface area contributed by atoms with Crippen LogP contribution in [0.25, 0.3) is 0 Å². The lowest BCUT2D eigenvalue weighted by Gasteiger charge is -2.39. The molecular weight excluding hydrogens is 160 g/mol. The van der Waals surface area contributed by atoms with Crippen LogP contribution in [0, 0.1) is 5.92 Å². The van der Waals surface area contributed by atoms with E-state index in [1.807, 2.05) is 0 Å². The Labute approximate surface area is 82.7 Å². The Morgan fingerprint density at radius 1 is 1.38 bits per heavy atom. The van der Waals surface area contributed by atoms with Gasteiger partial charge >= 0.3 is 0 Å². The molecule has 1 N–H and O–H groups in total. The average molecular weight is 184 g/mol. The zero-order valence-corrected chi connectivity index (χ0v) is 9.51. The smallest absolute Gasteiger partial charge is 0.0198 e. The van der Waals surface area contributed by atoms with Crippen LogP contribution >= 0.6 is 0 Å². The summed E-state index contributed by atoms with van der Waals surface area (Å²) in [5.74, 6) is 0.847. The molecule has 2 atom stereocenters. The van der Waals surface area contributed by atoms with Crippen molar-refractivity contribution in [2.75, 3.05) is 19.6 Å². The molecule has 1 fully saturated rings. The Bertz CT molecular complexity index is 145. The normalized spacial score (nSPS) is 31.2. The molecule has 2 nitrogen and oxygen atoms in total. The second-order valence-corrected chi connectivity index (χ2v) is 4.64.